The van der Waals surface area contributed by atoms with Crippen molar-refractivity contribution < 1.29 is 9.47 Å². The summed E-state index contributed by atoms with van der Waals surface area (Å²) in [4.78, 5) is 0. The lowest BCUT2D eigenvalue weighted by Gasteiger charge is -2.05. The van der Waals surface area contributed by atoms with Crippen molar-refractivity contribution in [2.45, 2.75) is 0 Å². The van der Waals surface area contributed by atoms with Crippen LogP contribution in [0.15, 0.2) is 22.7 Å². The quantitative estimate of drug-likeness (QED) is 0.621. The largest absolute Gasteiger partial charge is 0.467 e. The molecule has 0 aliphatic rings. The van der Waals surface area contributed by atoms with Crippen molar-refractivity contribution in [2.24, 2.45) is 0 Å². The van der Waals surface area contributed by atoms with E-state index in [1.807, 2.05) is 18.2 Å². The average Bonchev–Trinajstić information content (AvgIpc) is 1.99. The maximum atomic E-state index is 5.26. The summed E-state index contributed by atoms with van der Waals surface area (Å²) in [6, 6.07) is 5.87. The first-order chi connectivity index (χ1) is 5.72. The van der Waals surface area contributed by atoms with Gasteiger partial charge in [0.15, 0.2) is 6.79 Å². The van der Waals surface area contributed by atoms with Crippen LogP contribution in [-0.2, 0) is 4.74 Å². The Balaban J connectivity index is 2.72. The Morgan fingerprint density at radius 1 is 1.42 bits per heavy atom. The first-order valence-corrected chi connectivity index (χ1v) is 5.17. The van der Waals surface area contributed by atoms with Crippen LogP contribution >= 0.6 is 38.5 Å². The van der Waals surface area contributed by atoms with E-state index in [9.17, 15) is 0 Å². The monoisotopic (exact) mass is 342 g/mol. The van der Waals surface area contributed by atoms with E-state index in [0.717, 1.165) is 13.8 Å². The molecule has 0 fully saturated rings. The highest BCUT2D eigenvalue weighted by Gasteiger charge is 1.97. The summed E-state index contributed by atoms with van der Waals surface area (Å²) in [5.74, 6) is 0.815. The first kappa shape index (κ1) is 10.3. The van der Waals surface area contributed by atoms with E-state index in [2.05, 4.69) is 38.5 Å². The van der Waals surface area contributed by atoms with Gasteiger partial charge in [0.05, 0.1) is 0 Å². The van der Waals surface area contributed by atoms with Crippen LogP contribution in [0, 0.1) is 3.57 Å². The highest BCUT2D eigenvalue weighted by Crippen LogP contribution is 2.22. The minimum absolute atomic E-state index is 0.284. The Morgan fingerprint density at radius 2 is 2.17 bits per heavy atom. The fraction of sp³-hybridized carbons (Fsp3) is 0.250. The maximum absolute atomic E-state index is 5.26. The molecule has 0 aromatic heterocycles. The molecule has 66 valence electrons. The minimum atomic E-state index is 0.284. The third-order valence-electron chi connectivity index (χ3n) is 1.18. The number of rotatable bonds is 3. The number of hydrogen-bond acceptors (Lipinski definition) is 2. The van der Waals surface area contributed by atoms with Crippen molar-refractivity contribution in [1.29, 1.82) is 0 Å². The van der Waals surface area contributed by atoms with Gasteiger partial charge in [-0.15, -0.1) is 0 Å². The molecule has 1 rings (SSSR count). The Kier molecular flexibility index (Phi) is 4.31. The van der Waals surface area contributed by atoms with Gasteiger partial charge in [0, 0.05) is 15.2 Å². The molecule has 12 heavy (non-hydrogen) atoms. The topological polar surface area (TPSA) is 18.5 Å². The minimum Gasteiger partial charge on any atom is -0.467 e. The fourth-order valence-electron chi connectivity index (χ4n) is 0.739. The number of halogens is 2. The van der Waals surface area contributed by atoms with Gasteiger partial charge in [-0.2, -0.15) is 0 Å². The average molecular weight is 343 g/mol. The second-order valence-electron chi connectivity index (χ2n) is 2.16. The Morgan fingerprint density at radius 3 is 2.75 bits per heavy atom. The van der Waals surface area contributed by atoms with Crippen molar-refractivity contribution in [3.05, 3.63) is 26.2 Å². The smallest absolute Gasteiger partial charge is 0.188 e. The predicted molar refractivity (Wildman–Crippen MR) is 59.4 cm³/mol. The van der Waals surface area contributed by atoms with Gasteiger partial charge in [0.25, 0.3) is 0 Å². The molecule has 0 amide bonds. The third-order valence-corrected chi connectivity index (χ3v) is 2.26. The summed E-state index contributed by atoms with van der Waals surface area (Å²) in [5, 5.41) is 0. The van der Waals surface area contributed by atoms with Gasteiger partial charge in [-0.1, -0.05) is 15.9 Å². The molecular formula is C8H8BrIO2. The standard InChI is InChI=1S/C8H8BrIO2/c1-11-5-12-8-3-6(9)2-7(10)4-8/h2-4H,5H2,1H3. The van der Waals surface area contributed by atoms with Gasteiger partial charge in [-0.25, -0.2) is 0 Å². The molecule has 4 heteroatoms. The van der Waals surface area contributed by atoms with Gasteiger partial charge in [-0.3, -0.25) is 0 Å². The lowest BCUT2D eigenvalue weighted by Crippen LogP contribution is -1.98. The fourth-order valence-corrected chi connectivity index (χ4v) is 2.28. The molecular weight excluding hydrogens is 335 g/mol. The lowest BCUT2D eigenvalue weighted by molar-refractivity contribution is 0.0510. The number of hydrogen-bond donors (Lipinski definition) is 0. The molecule has 2 nitrogen and oxygen atoms in total. The Labute approximate surface area is 93.5 Å². The van der Waals surface area contributed by atoms with Crippen LogP contribution in [0.4, 0.5) is 0 Å². The van der Waals surface area contributed by atoms with Crippen LogP contribution in [-0.4, -0.2) is 13.9 Å². The summed E-state index contributed by atoms with van der Waals surface area (Å²) in [5.41, 5.74) is 0. The zero-order valence-corrected chi connectivity index (χ0v) is 10.3. The van der Waals surface area contributed by atoms with Crippen molar-refractivity contribution >= 4 is 38.5 Å². The van der Waals surface area contributed by atoms with Crippen molar-refractivity contribution in [3.8, 4) is 5.75 Å². The molecule has 0 aliphatic carbocycles. The van der Waals surface area contributed by atoms with Crippen LogP contribution in [0.5, 0.6) is 5.75 Å². The van der Waals surface area contributed by atoms with E-state index in [4.69, 9.17) is 9.47 Å². The van der Waals surface area contributed by atoms with E-state index < -0.39 is 0 Å². The van der Waals surface area contributed by atoms with E-state index in [-0.39, 0.29) is 6.79 Å². The van der Waals surface area contributed by atoms with E-state index in [1.165, 1.54) is 0 Å². The highest BCUT2D eigenvalue weighted by molar-refractivity contribution is 14.1. The summed E-state index contributed by atoms with van der Waals surface area (Å²) in [6.45, 7) is 0.284. The molecule has 1 aromatic carbocycles. The number of benzene rings is 1. The van der Waals surface area contributed by atoms with Crippen molar-refractivity contribution in [1.82, 2.24) is 0 Å². The van der Waals surface area contributed by atoms with Crippen LogP contribution in [0.25, 0.3) is 0 Å². The van der Waals surface area contributed by atoms with Crippen molar-refractivity contribution in [2.75, 3.05) is 13.9 Å². The summed E-state index contributed by atoms with van der Waals surface area (Å²) in [7, 11) is 1.60. The van der Waals surface area contributed by atoms with Gasteiger partial charge in [0.2, 0.25) is 0 Å². The highest BCUT2D eigenvalue weighted by atomic mass is 127. The van der Waals surface area contributed by atoms with Crippen molar-refractivity contribution in [3.63, 3.8) is 0 Å². The molecule has 0 unspecified atom stereocenters. The zero-order chi connectivity index (χ0) is 8.97. The predicted octanol–water partition coefficient (Wildman–Crippen LogP) is 3.04. The van der Waals surface area contributed by atoms with Crippen LogP contribution in [0.2, 0.25) is 0 Å². The second-order valence-corrected chi connectivity index (χ2v) is 4.32. The Hall–Kier alpha value is 0.190. The number of ether oxygens (including phenoxy) is 2. The SMILES string of the molecule is COCOc1cc(Br)cc(I)c1. The van der Waals surface area contributed by atoms with E-state index in [1.54, 1.807) is 7.11 Å². The van der Waals surface area contributed by atoms with Gasteiger partial charge < -0.3 is 9.47 Å². The van der Waals surface area contributed by atoms with E-state index >= 15 is 0 Å². The molecule has 0 atom stereocenters. The molecule has 0 saturated heterocycles. The van der Waals surface area contributed by atoms with Gasteiger partial charge >= 0.3 is 0 Å². The Bertz CT molecular complexity index is 245. The van der Waals surface area contributed by atoms with Crippen LogP contribution < -0.4 is 4.74 Å². The second kappa shape index (κ2) is 5.04. The molecule has 0 heterocycles. The third kappa shape index (κ3) is 3.28. The normalized spacial score (nSPS) is 9.92. The van der Waals surface area contributed by atoms with Crippen LogP contribution in [0.3, 0.4) is 0 Å². The first-order valence-electron chi connectivity index (χ1n) is 3.30. The van der Waals surface area contributed by atoms with Gasteiger partial charge in [0.1, 0.15) is 5.75 Å². The molecule has 0 aliphatic heterocycles. The molecule has 0 radical (unpaired) electrons. The van der Waals surface area contributed by atoms with Gasteiger partial charge in [-0.05, 0) is 40.8 Å². The molecule has 0 spiro atoms. The number of methoxy groups -OCH3 is 1. The summed E-state index contributed by atoms with van der Waals surface area (Å²) < 4.78 is 12.2. The van der Waals surface area contributed by atoms with Crippen LogP contribution in [0.1, 0.15) is 0 Å². The summed E-state index contributed by atoms with van der Waals surface area (Å²) >= 11 is 5.61. The molecule has 1 aromatic rings. The van der Waals surface area contributed by atoms with E-state index in [0.29, 0.717) is 0 Å². The zero-order valence-electron chi connectivity index (χ0n) is 6.51. The lowest BCUT2D eigenvalue weighted by atomic mass is 10.3. The molecule has 0 saturated carbocycles. The summed E-state index contributed by atoms with van der Waals surface area (Å²) in [6.07, 6.45) is 0. The maximum Gasteiger partial charge on any atom is 0.188 e. The molecule has 0 N–H and O–H groups in total. The molecule has 0 bridgehead atoms.